The predicted molar refractivity (Wildman–Crippen MR) is 74.6 cm³/mol. The van der Waals surface area contributed by atoms with E-state index in [-0.39, 0.29) is 6.04 Å². The molecule has 2 N–H and O–H groups in total. The molecular formula is C11H10BrCl2N3. The van der Waals surface area contributed by atoms with Crippen molar-refractivity contribution in [3.8, 4) is 0 Å². The van der Waals surface area contributed by atoms with Gasteiger partial charge in [-0.2, -0.15) is 5.10 Å². The van der Waals surface area contributed by atoms with E-state index in [0.717, 1.165) is 10.0 Å². The third-order valence-electron chi connectivity index (χ3n) is 2.57. The molecule has 1 heterocycles. The first-order valence-corrected chi connectivity index (χ1v) is 6.49. The van der Waals surface area contributed by atoms with E-state index >= 15 is 0 Å². The van der Waals surface area contributed by atoms with E-state index < -0.39 is 0 Å². The van der Waals surface area contributed by atoms with E-state index in [1.165, 1.54) is 6.20 Å². The lowest BCUT2D eigenvalue weighted by Gasteiger charge is -2.16. The number of aromatic nitrogens is 2. The number of halogens is 3. The van der Waals surface area contributed by atoms with Gasteiger partial charge in [0.05, 0.1) is 12.2 Å². The topological polar surface area (TPSA) is 43.8 Å². The van der Waals surface area contributed by atoms with Gasteiger partial charge in [-0.3, -0.25) is 0 Å². The molecule has 0 bridgehead atoms. The maximum absolute atomic E-state index is 6.19. The number of nitrogens with zero attached hydrogens (tertiary/aromatic N) is 2. The van der Waals surface area contributed by atoms with Gasteiger partial charge in [0, 0.05) is 9.50 Å². The first-order chi connectivity index (χ1) is 8.00. The molecule has 1 atom stereocenters. The lowest BCUT2D eigenvalue weighted by Crippen LogP contribution is -2.11. The molecule has 0 radical (unpaired) electrons. The predicted octanol–water partition coefficient (Wildman–Crippen LogP) is 4.14. The van der Waals surface area contributed by atoms with Gasteiger partial charge >= 0.3 is 0 Å². The zero-order valence-electron chi connectivity index (χ0n) is 8.99. The zero-order chi connectivity index (χ0) is 12.6. The molecule has 0 aliphatic carbocycles. The van der Waals surface area contributed by atoms with Gasteiger partial charge in [-0.1, -0.05) is 45.2 Å². The minimum absolute atomic E-state index is 0.0666. The van der Waals surface area contributed by atoms with E-state index in [1.807, 2.05) is 25.1 Å². The number of rotatable bonds is 2. The minimum Gasteiger partial charge on any atom is -0.383 e. The largest absolute Gasteiger partial charge is 0.383 e. The van der Waals surface area contributed by atoms with Crippen molar-refractivity contribution in [1.82, 2.24) is 9.78 Å². The summed E-state index contributed by atoms with van der Waals surface area (Å²) >= 11 is 15.4. The number of hydrogen-bond donors (Lipinski definition) is 1. The molecule has 0 aliphatic heterocycles. The van der Waals surface area contributed by atoms with E-state index in [0.29, 0.717) is 15.9 Å². The van der Waals surface area contributed by atoms with Crippen molar-refractivity contribution >= 4 is 44.9 Å². The fourth-order valence-electron chi connectivity index (χ4n) is 1.63. The van der Waals surface area contributed by atoms with Crippen molar-refractivity contribution in [3.05, 3.63) is 44.5 Å². The fourth-order valence-corrected chi connectivity index (χ4v) is 2.59. The third kappa shape index (κ3) is 2.44. The average Bonchev–Trinajstić information content (AvgIpc) is 2.59. The summed E-state index contributed by atoms with van der Waals surface area (Å²) in [6.07, 6.45) is 1.53. The number of nitrogens with two attached hydrogens (primary N) is 1. The van der Waals surface area contributed by atoms with Crippen LogP contribution < -0.4 is 5.73 Å². The van der Waals surface area contributed by atoms with Gasteiger partial charge in [0.2, 0.25) is 0 Å². The fraction of sp³-hybridized carbons (Fsp3) is 0.182. The summed E-state index contributed by atoms with van der Waals surface area (Å²) < 4.78 is 2.59. The number of nitrogen functional groups attached to an aromatic ring is 1. The molecule has 0 saturated heterocycles. The minimum atomic E-state index is -0.0666. The molecule has 6 heteroatoms. The van der Waals surface area contributed by atoms with Crippen LogP contribution in [0.15, 0.2) is 28.9 Å². The molecule has 90 valence electrons. The maximum atomic E-state index is 6.19. The Bertz CT molecular complexity index is 554. The lowest BCUT2D eigenvalue weighted by molar-refractivity contribution is 0.573. The second kappa shape index (κ2) is 4.88. The molecule has 3 nitrogen and oxygen atoms in total. The molecule has 2 aromatic rings. The molecule has 0 saturated carbocycles. The highest BCUT2D eigenvalue weighted by molar-refractivity contribution is 9.10. The number of benzene rings is 1. The van der Waals surface area contributed by atoms with Crippen molar-refractivity contribution in [2.75, 3.05) is 5.73 Å². The summed E-state index contributed by atoms with van der Waals surface area (Å²) in [6.45, 7) is 1.97. The Hall–Kier alpha value is -0.710. The highest BCUT2D eigenvalue weighted by Crippen LogP contribution is 2.31. The standard InChI is InChI=1S/C11H10BrCl2N3/c1-6(17-11(15)10(14)5-16-17)8-3-2-7(12)4-9(8)13/h2-6H,15H2,1H3. The van der Waals surface area contributed by atoms with Gasteiger partial charge in [-0.05, 0) is 24.6 Å². The highest BCUT2D eigenvalue weighted by atomic mass is 79.9. The van der Waals surface area contributed by atoms with Crippen LogP contribution in [-0.2, 0) is 0 Å². The van der Waals surface area contributed by atoms with Crippen LogP contribution in [0.5, 0.6) is 0 Å². The average molecular weight is 335 g/mol. The van der Waals surface area contributed by atoms with Crippen LogP contribution in [-0.4, -0.2) is 9.78 Å². The van der Waals surface area contributed by atoms with Crippen LogP contribution in [0.1, 0.15) is 18.5 Å². The van der Waals surface area contributed by atoms with E-state index in [9.17, 15) is 0 Å². The van der Waals surface area contributed by atoms with Crippen LogP contribution in [0.2, 0.25) is 10.0 Å². The Morgan fingerprint density at radius 1 is 1.35 bits per heavy atom. The Kier molecular flexibility index (Phi) is 3.66. The van der Waals surface area contributed by atoms with Crippen molar-refractivity contribution < 1.29 is 0 Å². The molecule has 0 aliphatic rings. The van der Waals surface area contributed by atoms with Crippen molar-refractivity contribution in [2.45, 2.75) is 13.0 Å². The second-order valence-electron chi connectivity index (χ2n) is 3.66. The van der Waals surface area contributed by atoms with Crippen molar-refractivity contribution in [1.29, 1.82) is 0 Å². The number of hydrogen-bond acceptors (Lipinski definition) is 2. The smallest absolute Gasteiger partial charge is 0.141 e. The van der Waals surface area contributed by atoms with Gasteiger partial charge in [0.1, 0.15) is 10.8 Å². The van der Waals surface area contributed by atoms with E-state index in [4.69, 9.17) is 28.9 Å². The first kappa shape index (κ1) is 12.7. The first-order valence-electron chi connectivity index (χ1n) is 4.94. The van der Waals surface area contributed by atoms with Crippen LogP contribution in [0.4, 0.5) is 5.82 Å². The molecule has 0 amide bonds. The van der Waals surface area contributed by atoms with Crippen LogP contribution >= 0.6 is 39.1 Å². The molecule has 0 spiro atoms. The molecular weight excluding hydrogens is 325 g/mol. The molecule has 2 rings (SSSR count). The van der Waals surface area contributed by atoms with Crippen molar-refractivity contribution in [2.24, 2.45) is 0 Å². The van der Waals surface area contributed by atoms with Gasteiger partial charge in [-0.25, -0.2) is 4.68 Å². The monoisotopic (exact) mass is 333 g/mol. The summed E-state index contributed by atoms with van der Waals surface area (Å²) in [6, 6.07) is 5.64. The Balaban J connectivity index is 2.43. The van der Waals surface area contributed by atoms with E-state index in [1.54, 1.807) is 4.68 Å². The lowest BCUT2D eigenvalue weighted by atomic mass is 10.1. The van der Waals surface area contributed by atoms with Crippen LogP contribution in [0, 0.1) is 0 Å². The SMILES string of the molecule is CC(c1ccc(Br)cc1Cl)n1ncc(Cl)c1N. The number of anilines is 1. The van der Waals surface area contributed by atoms with Gasteiger partial charge in [0.25, 0.3) is 0 Å². The molecule has 1 unspecified atom stereocenters. The molecule has 1 aromatic carbocycles. The molecule has 0 fully saturated rings. The van der Waals surface area contributed by atoms with Gasteiger partial charge in [0.15, 0.2) is 0 Å². The Morgan fingerprint density at radius 3 is 2.59 bits per heavy atom. The zero-order valence-corrected chi connectivity index (χ0v) is 12.1. The summed E-state index contributed by atoms with van der Waals surface area (Å²) in [7, 11) is 0. The van der Waals surface area contributed by atoms with Crippen molar-refractivity contribution in [3.63, 3.8) is 0 Å². The van der Waals surface area contributed by atoms with Crippen LogP contribution in [0.3, 0.4) is 0 Å². The second-order valence-corrected chi connectivity index (χ2v) is 5.39. The normalized spacial score (nSPS) is 12.7. The highest BCUT2D eigenvalue weighted by Gasteiger charge is 2.16. The van der Waals surface area contributed by atoms with Gasteiger partial charge < -0.3 is 5.73 Å². The molecule has 1 aromatic heterocycles. The van der Waals surface area contributed by atoms with Crippen LogP contribution in [0.25, 0.3) is 0 Å². The summed E-state index contributed by atoms with van der Waals surface area (Å²) in [5.41, 5.74) is 6.78. The summed E-state index contributed by atoms with van der Waals surface area (Å²) in [5, 5.41) is 5.26. The summed E-state index contributed by atoms with van der Waals surface area (Å²) in [5.74, 6) is 0.443. The Morgan fingerprint density at radius 2 is 2.06 bits per heavy atom. The van der Waals surface area contributed by atoms with E-state index in [2.05, 4.69) is 21.0 Å². The molecule has 17 heavy (non-hydrogen) atoms. The summed E-state index contributed by atoms with van der Waals surface area (Å²) in [4.78, 5) is 0. The third-order valence-corrected chi connectivity index (χ3v) is 3.68. The van der Waals surface area contributed by atoms with Gasteiger partial charge in [-0.15, -0.1) is 0 Å². The quantitative estimate of drug-likeness (QED) is 0.896. The maximum Gasteiger partial charge on any atom is 0.141 e. The Labute approximate surface area is 118 Å².